The van der Waals surface area contributed by atoms with E-state index in [1.54, 1.807) is 6.92 Å². The molecule has 1 N–H and O–H groups in total. The summed E-state index contributed by atoms with van der Waals surface area (Å²) in [7, 11) is 0. The number of hydrogen-bond acceptors (Lipinski definition) is 4. The van der Waals surface area contributed by atoms with Crippen LogP contribution in [0.3, 0.4) is 0 Å². The Kier molecular flexibility index (Phi) is 4.28. The van der Waals surface area contributed by atoms with Gasteiger partial charge in [0.1, 0.15) is 0 Å². The first-order valence-corrected chi connectivity index (χ1v) is 6.25. The summed E-state index contributed by atoms with van der Waals surface area (Å²) in [5.41, 5.74) is 2.30. The second-order valence-electron chi connectivity index (χ2n) is 4.48. The molecule has 0 spiro atoms. The number of nitrogens with one attached hydrogen (secondary N) is 1. The van der Waals surface area contributed by atoms with Crippen molar-refractivity contribution < 1.29 is 9.21 Å². The second-order valence-corrected chi connectivity index (χ2v) is 4.48. The molecule has 100 valence electrons. The smallest absolute Gasteiger partial charge is 0.220 e. The molecule has 0 atom stereocenters. The highest BCUT2D eigenvalue weighted by Crippen LogP contribution is 2.04. The van der Waals surface area contributed by atoms with E-state index in [1.165, 1.54) is 5.56 Å². The van der Waals surface area contributed by atoms with Crippen LogP contribution in [0.5, 0.6) is 0 Å². The maximum atomic E-state index is 11.7. The van der Waals surface area contributed by atoms with Crippen molar-refractivity contribution in [3.05, 3.63) is 47.2 Å². The van der Waals surface area contributed by atoms with E-state index in [2.05, 4.69) is 15.5 Å². The van der Waals surface area contributed by atoms with E-state index in [-0.39, 0.29) is 5.91 Å². The number of carbonyl (C=O) groups is 1. The molecule has 0 aliphatic rings. The minimum atomic E-state index is -0.0172. The maximum Gasteiger partial charge on any atom is 0.220 e. The molecule has 19 heavy (non-hydrogen) atoms. The van der Waals surface area contributed by atoms with Crippen LogP contribution in [-0.4, -0.2) is 16.1 Å². The SMILES string of the molecule is Cc1ccc(CNC(=O)CCc2nnc(C)o2)cc1. The van der Waals surface area contributed by atoms with Crippen molar-refractivity contribution in [2.24, 2.45) is 0 Å². The van der Waals surface area contributed by atoms with E-state index in [0.717, 1.165) is 5.56 Å². The van der Waals surface area contributed by atoms with Gasteiger partial charge in [0.15, 0.2) is 0 Å². The molecule has 5 nitrogen and oxygen atoms in total. The van der Waals surface area contributed by atoms with Gasteiger partial charge in [0.25, 0.3) is 0 Å². The quantitative estimate of drug-likeness (QED) is 0.891. The number of nitrogens with zero attached hydrogens (tertiary/aromatic N) is 2. The van der Waals surface area contributed by atoms with E-state index < -0.39 is 0 Å². The molecule has 1 amide bonds. The first-order valence-electron chi connectivity index (χ1n) is 6.25. The highest BCUT2D eigenvalue weighted by atomic mass is 16.4. The van der Waals surface area contributed by atoms with Crippen LogP contribution in [0.25, 0.3) is 0 Å². The molecule has 0 aliphatic carbocycles. The van der Waals surface area contributed by atoms with Crippen molar-refractivity contribution >= 4 is 5.91 Å². The Bertz CT molecular complexity index is 546. The van der Waals surface area contributed by atoms with Crippen LogP contribution in [0.15, 0.2) is 28.7 Å². The fourth-order valence-corrected chi connectivity index (χ4v) is 1.65. The van der Waals surface area contributed by atoms with Gasteiger partial charge in [-0.25, -0.2) is 0 Å². The zero-order valence-corrected chi connectivity index (χ0v) is 11.1. The van der Waals surface area contributed by atoms with E-state index in [9.17, 15) is 4.79 Å². The average Bonchev–Trinajstić information content (AvgIpc) is 2.81. The van der Waals surface area contributed by atoms with Crippen LogP contribution in [0.4, 0.5) is 0 Å². The molecule has 0 radical (unpaired) electrons. The number of benzene rings is 1. The number of aryl methyl sites for hydroxylation is 3. The number of carbonyl (C=O) groups excluding carboxylic acids is 1. The zero-order chi connectivity index (χ0) is 13.7. The normalized spacial score (nSPS) is 10.4. The molecule has 0 fully saturated rings. The summed E-state index contributed by atoms with van der Waals surface area (Å²) in [6, 6.07) is 8.08. The van der Waals surface area contributed by atoms with Gasteiger partial charge >= 0.3 is 0 Å². The fourth-order valence-electron chi connectivity index (χ4n) is 1.65. The summed E-state index contributed by atoms with van der Waals surface area (Å²) in [6.45, 7) is 4.31. The van der Waals surface area contributed by atoms with Crippen LogP contribution in [0.1, 0.15) is 29.3 Å². The van der Waals surface area contributed by atoms with E-state index in [1.807, 2.05) is 31.2 Å². The van der Waals surface area contributed by atoms with Gasteiger partial charge in [-0.1, -0.05) is 29.8 Å². The molecule has 1 aromatic heterocycles. The largest absolute Gasteiger partial charge is 0.426 e. The van der Waals surface area contributed by atoms with E-state index >= 15 is 0 Å². The van der Waals surface area contributed by atoms with Crippen molar-refractivity contribution in [2.75, 3.05) is 0 Å². The van der Waals surface area contributed by atoms with Gasteiger partial charge in [-0.3, -0.25) is 4.79 Å². The van der Waals surface area contributed by atoms with Crippen LogP contribution in [0.2, 0.25) is 0 Å². The van der Waals surface area contributed by atoms with Gasteiger partial charge in [-0.05, 0) is 12.5 Å². The lowest BCUT2D eigenvalue weighted by molar-refractivity contribution is -0.121. The lowest BCUT2D eigenvalue weighted by atomic mass is 10.1. The topological polar surface area (TPSA) is 68.0 Å². The zero-order valence-electron chi connectivity index (χ0n) is 11.1. The lowest BCUT2D eigenvalue weighted by Crippen LogP contribution is -2.23. The Labute approximate surface area is 112 Å². The minimum absolute atomic E-state index is 0.0172. The summed E-state index contributed by atoms with van der Waals surface area (Å²) in [6.07, 6.45) is 0.827. The highest BCUT2D eigenvalue weighted by Gasteiger charge is 2.06. The van der Waals surface area contributed by atoms with Gasteiger partial charge in [0.2, 0.25) is 17.7 Å². The molecule has 1 aromatic carbocycles. The fraction of sp³-hybridized carbons (Fsp3) is 0.357. The van der Waals surface area contributed by atoms with Crippen molar-refractivity contribution in [2.45, 2.75) is 33.2 Å². The molecule has 0 bridgehead atoms. The molecule has 1 heterocycles. The minimum Gasteiger partial charge on any atom is -0.426 e. The van der Waals surface area contributed by atoms with Crippen LogP contribution < -0.4 is 5.32 Å². The maximum absolute atomic E-state index is 11.7. The summed E-state index contributed by atoms with van der Waals surface area (Å²) in [5, 5.41) is 10.4. The number of aromatic nitrogens is 2. The average molecular weight is 259 g/mol. The molecule has 0 saturated carbocycles. The first kappa shape index (κ1) is 13.3. The Hall–Kier alpha value is -2.17. The van der Waals surface area contributed by atoms with Gasteiger partial charge < -0.3 is 9.73 Å². The first-order chi connectivity index (χ1) is 9.13. The Morgan fingerprint density at radius 3 is 2.58 bits per heavy atom. The third-order valence-corrected chi connectivity index (χ3v) is 2.74. The van der Waals surface area contributed by atoms with Crippen molar-refractivity contribution in [1.29, 1.82) is 0 Å². The summed E-state index contributed by atoms with van der Waals surface area (Å²) in [5.74, 6) is 1.01. The highest BCUT2D eigenvalue weighted by molar-refractivity contribution is 5.75. The summed E-state index contributed by atoms with van der Waals surface area (Å²) < 4.78 is 5.21. The molecule has 2 aromatic rings. The van der Waals surface area contributed by atoms with Gasteiger partial charge in [-0.15, -0.1) is 10.2 Å². The third kappa shape index (κ3) is 4.21. The number of amides is 1. The van der Waals surface area contributed by atoms with Gasteiger partial charge in [0.05, 0.1) is 0 Å². The standard InChI is InChI=1S/C14H17N3O2/c1-10-3-5-12(6-4-10)9-15-13(18)7-8-14-17-16-11(2)19-14/h3-6H,7-9H2,1-2H3,(H,15,18). The van der Waals surface area contributed by atoms with Crippen LogP contribution >= 0.6 is 0 Å². The van der Waals surface area contributed by atoms with Gasteiger partial charge in [0, 0.05) is 26.3 Å². The summed E-state index contributed by atoms with van der Waals surface area (Å²) >= 11 is 0. The molecular weight excluding hydrogens is 242 g/mol. The van der Waals surface area contributed by atoms with E-state index in [0.29, 0.717) is 31.2 Å². The molecule has 0 saturated heterocycles. The van der Waals surface area contributed by atoms with Crippen molar-refractivity contribution in [3.63, 3.8) is 0 Å². The Balaban J connectivity index is 1.74. The predicted octanol–water partition coefficient (Wildman–Crippen LogP) is 1.94. The molecule has 5 heteroatoms. The van der Waals surface area contributed by atoms with Gasteiger partial charge in [-0.2, -0.15) is 0 Å². The van der Waals surface area contributed by atoms with Crippen LogP contribution in [0, 0.1) is 13.8 Å². The number of hydrogen-bond donors (Lipinski definition) is 1. The second kappa shape index (κ2) is 6.13. The Morgan fingerprint density at radius 2 is 1.95 bits per heavy atom. The summed E-state index contributed by atoms with van der Waals surface area (Å²) in [4.78, 5) is 11.7. The lowest BCUT2D eigenvalue weighted by Gasteiger charge is -2.04. The van der Waals surface area contributed by atoms with Crippen LogP contribution in [-0.2, 0) is 17.8 Å². The van der Waals surface area contributed by atoms with Crippen molar-refractivity contribution in [1.82, 2.24) is 15.5 Å². The molecule has 0 aliphatic heterocycles. The molecular formula is C14H17N3O2. The third-order valence-electron chi connectivity index (χ3n) is 2.74. The predicted molar refractivity (Wildman–Crippen MR) is 70.4 cm³/mol. The molecule has 2 rings (SSSR count). The number of rotatable bonds is 5. The van der Waals surface area contributed by atoms with E-state index in [4.69, 9.17) is 4.42 Å². The molecule has 0 unspecified atom stereocenters. The van der Waals surface area contributed by atoms with Crippen molar-refractivity contribution in [3.8, 4) is 0 Å². The Morgan fingerprint density at radius 1 is 1.21 bits per heavy atom. The monoisotopic (exact) mass is 259 g/mol.